The molecule has 0 aliphatic rings. The van der Waals surface area contributed by atoms with E-state index in [1.54, 1.807) is 6.20 Å². The molecule has 1 rings (SSSR count). The van der Waals surface area contributed by atoms with E-state index in [1.807, 2.05) is 38.9 Å². The van der Waals surface area contributed by atoms with Crippen LogP contribution in [0.2, 0.25) is 0 Å². The van der Waals surface area contributed by atoms with Crippen LogP contribution in [0.15, 0.2) is 12.3 Å². The second-order valence-corrected chi connectivity index (χ2v) is 4.46. The SMILES string of the molecule is CCC(CC)C(=O)NCc1nccc(N(C)C)n1. The van der Waals surface area contributed by atoms with Gasteiger partial charge in [-0.2, -0.15) is 0 Å². The van der Waals surface area contributed by atoms with Crippen molar-refractivity contribution in [2.45, 2.75) is 33.2 Å². The van der Waals surface area contributed by atoms with Gasteiger partial charge in [0.2, 0.25) is 5.91 Å². The monoisotopic (exact) mass is 250 g/mol. The van der Waals surface area contributed by atoms with Crippen LogP contribution in [0.1, 0.15) is 32.5 Å². The lowest BCUT2D eigenvalue weighted by atomic mass is 10.0. The Labute approximate surface area is 109 Å². The molecule has 1 N–H and O–H groups in total. The molecule has 0 saturated carbocycles. The highest BCUT2D eigenvalue weighted by molar-refractivity contribution is 5.78. The van der Waals surface area contributed by atoms with Gasteiger partial charge in [0.05, 0.1) is 6.54 Å². The van der Waals surface area contributed by atoms with E-state index >= 15 is 0 Å². The summed E-state index contributed by atoms with van der Waals surface area (Å²) < 4.78 is 0. The van der Waals surface area contributed by atoms with Crippen LogP contribution in [-0.2, 0) is 11.3 Å². The molecule has 0 spiro atoms. The second kappa shape index (κ2) is 6.93. The number of rotatable bonds is 6. The number of carbonyl (C=O) groups excluding carboxylic acids is 1. The van der Waals surface area contributed by atoms with Gasteiger partial charge in [-0.1, -0.05) is 13.8 Å². The minimum absolute atomic E-state index is 0.0823. The van der Waals surface area contributed by atoms with Crippen molar-refractivity contribution in [1.82, 2.24) is 15.3 Å². The number of carbonyl (C=O) groups is 1. The Morgan fingerprint density at radius 3 is 2.61 bits per heavy atom. The summed E-state index contributed by atoms with van der Waals surface area (Å²) >= 11 is 0. The quantitative estimate of drug-likeness (QED) is 0.833. The first-order chi connectivity index (χ1) is 8.58. The number of amides is 1. The summed E-state index contributed by atoms with van der Waals surface area (Å²) in [5.41, 5.74) is 0. The average Bonchev–Trinajstić information content (AvgIpc) is 2.38. The molecular weight excluding hydrogens is 228 g/mol. The fourth-order valence-corrected chi connectivity index (χ4v) is 1.69. The third-order valence-corrected chi connectivity index (χ3v) is 2.93. The fourth-order valence-electron chi connectivity index (χ4n) is 1.69. The number of hydrogen-bond acceptors (Lipinski definition) is 4. The molecule has 0 unspecified atom stereocenters. The molecule has 0 aliphatic carbocycles. The number of anilines is 1. The lowest BCUT2D eigenvalue weighted by Crippen LogP contribution is -2.30. The molecule has 0 aliphatic heterocycles. The molecule has 5 heteroatoms. The van der Waals surface area contributed by atoms with Crippen LogP contribution in [0.4, 0.5) is 5.82 Å². The van der Waals surface area contributed by atoms with E-state index in [-0.39, 0.29) is 11.8 Å². The zero-order valence-corrected chi connectivity index (χ0v) is 11.6. The van der Waals surface area contributed by atoms with Crippen LogP contribution in [0.25, 0.3) is 0 Å². The van der Waals surface area contributed by atoms with Gasteiger partial charge < -0.3 is 10.2 Å². The van der Waals surface area contributed by atoms with Crippen LogP contribution in [0.3, 0.4) is 0 Å². The third-order valence-electron chi connectivity index (χ3n) is 2.93. The Balaban J connectivity index is 2.58. The predicted molar refractivity (Wildman–Crippen MR) is 72.3 cm³/mol. The fraction of sp³-hybridized carbons (Fsp3) is 0.615. The van der Waals surface area contributed by atoms with E-state index < -0.39 is 0 Å². The molecule has 1 amide bonds. The van der Waals surface area contributed by atoms with E-state index in [2.05, 4.69) is 15.3 Å². The van der Waals surface area contributed by atoms with Crippen molar-refractivity contribution in [2.24, 2.45) is 5.92 Å². The largest absolute Gasteiger partial charge is 0.363 e. The van der Waals surface area contributed by atoms with Gasteiger partial charge in [0.25, 0.3) is 0 Å². The molecule has 1 aromatic rings. The Hall–Kier alpha value is -1.65. The predicted octanol–water partition coefficient (Wildman–Crippen LogP) is 1.59. The zero-order chi connectivity index (χ0) is 13.5. The van der Waals surface area contributed by atoms with E-state index in [0.29, 0.717) is 12.4 Å². The first-order valence-corrected chi connectivity index (χ1v) is 6.35. The van der Waals surface area contributed by atoms with Crippen molar-refractivity contribution in [3.63, 3.8) is 0 Å². The molecule has 0 aromatic carbocycles. The topological polar surface area (TPSA) is 58.1 Å². The highest BCUT2D eigenvalue weighted by Crippen LogP contribution is 2.08. The van der Waals surface area contributed by atoms with Crippen molar-refractivity contribution in [3.05, 3.63) is 18.1 Å². The van der Waals surface area contributed by atoms with Crippen LogP contribution in [0, 0.1) is 5.92 Å². The van der Waals surface area contributed by atoms with E-state index in [0.717, 1.165) is 18.7 Å². The highest BCUT2D eigenvalue weighted by Gasteiger charge is 2.13. The zero-order valence-electron chi connectivity index (χ0n) is 11.6. The summed E-state index contributed by atoms with van der Waals surface area (Å²) in [5.74, 6) is 1.65. The maximum Gasteiger partial charge on any atom is 0.223 e. The Kier molecular flexibility index (Phi) is 5.55. The minimum atomic E-state index is 0.0823. The maximum atomic E-state index is 11.8. The number of nitrogens with zero attached hydrogens (tertiary/aromatic N) is 3. The molecule has 5 nitrogen and oxygen atoms in total. The molecule has 1 heterocycles. The van der Waals surface area contributed by atoms with Gasteiger partial charge in [-0.3, -0.25) is 4.79 Å². The normalized spacial score (nSPS) is 10.5. The number of hydrogen-bond donors (Lipinski definition) is 1. The van der Waals surface area contributed by atoms with E-state index in [1.165, 1.54) is 0 Å². The third kappa shape index (κ3) is 3.98. The molecule has 0 bridgehead atoms. The van der Waals surface area contributed by atoms with Gasteiger partial charge in [0.15, 0.2) is 0 Å². The molecular formula is C13H22N4O. The van der Waals surface area contributed by atoms with Crippen molar-refractivity contribution in [3.8, 4) is 0 Å². The second-order valence-electron chi connectivity index (χ2n) is 4.46. The molecule has 1 aromatic heterocycles. The first kappa shape index (κ1) is 14.4. The minimum Gasteiger partial charge on any atom is -0.363 e. The molecule has 0 saturated heterocycles. The van der Waals surface area contributed by atoms with Crippen LogP contribution in [0.5, 0.6) is 0 Å². The lowest BCUT2D eigenvalue weighted by Gasteiger charge is -2.14. The van der Waals surface area contributed by atoms with Gasteiger partial charge in [-0.05, 0) is 18.9 Å². The van der Waals surface area contributed by atoms with E-state index in [9.17, 15) is 4.79 Å². The smallest absolute Gasteiger partial charge is 0.223 e. The molecule has 0 radical (unpaired) electrons. The van der Waals surface area contributed by atoms with Gasteiger partial charge in [-0.25, -0.2) is 9.97 Å². The summed E-state index contributed by atoms with van der Waals surface area (Å²) in [6.07, 6.45) is 3.43. The summed E-state index contributed by atoms with van der Waals surface area (Å²) in [7, 11) is 3.85. The Morgan fingerprint density at radius 2 is 2.06 bits per heavy atom. The van der Waals surface area contributed by atoms with Crippen molar-refractivity contribution in [1.29, 1.82) is 0 Å². The van der Waals surface area contributed by atoms with Crippen LogP contribution < -0.4 is 10.2 Å². The Morgan fingerprint density at radius 1 is 1.39 bits per heavy atom. The van der Waals surface area contributed by atoms with Gasteiger partial charge >= 0.3 is 0 Å². The van der Waals surface area contributed by atoms with Gasteiger partial charge in [-0.15, -0.1) is 0 Å². The maximum absolute atomic E-state index is 11.8. The summed E-state index contributed by atoms with van der Waals surface area (Å²) in [6.45, 7) is 4.44. The Bertz CT molecular complexity index is 388. The van der Waals surface area contributed by atoms with Crippen molar-refractivity contribution in [2.75, 3.05) is 19.0 Å². The average molecular weight is 250 g/mol. The van der Waals surface area contributed by atoms with Crippen LogP contribution in [-0.4, -0.2) is 30.0 Å². The van der Waals surface area contributed by atoms with Gasteiger partial charge in [0, 0.05) is 26.2 Å². The van der Waals surface area contributed by atoms with Crippen molar-refractivity contribution < 1.29 is 4.79 Å². The number of aromatic nitrogens is 2. The molecule has 0 atom stereocenters. The van der Waals surface area contributed by atoms with Crippen LogP contribution >= 0.6 is 0 Å². The number of nitrogens with one attached hydrogen (secondary N) is 1. The van der Waals surface area contributed by atoms with Crippen molar-refractivity contribution >= 4 is 11.7 Å². The molecule has 100 valence electrons. The highest BCUT2D eigenvalue weighted by atomic mass is 16.1. The summed E-state index contributed by atoms with van der Waals surface area (Å²) in [6, 6.07) is 1.84. The molecule has 0 fully saturated rings. The first-order valence-electron chi connectivity index (χ1n) is 6.35. The summed E-state index contributed by atoms with van der Waals surface area (Å²) in [4.78, 5) is 22.2. The van der Waals surface area contributed by atoms with Gasteiger partial charge in [0.1, 0.15) is 11.6 Å². The lowest BCUT2D eigenvalue weighted by molar-refractivity contribution is -0.125. The summed E-state index contributed by atoms with van der Waals surface area (Å²) in [5, 5.41) is 2.88. The standard InChI is InChI=1S/C13H22N4O/c1-5-10(6-2)13(18)15-9-11-14-8-7-12(16-11)17(3)4/h7-8,10H,5-6,9H2,1-4H3,(H,15,18). The molecule has 18 heavy (non-hydrogen) atoms. The van der Waals surface area contributed by atoms with E-state index in [4.69, 9.17) is 0 Å².